The normalized spacial score (nSPS) is 13.6. The fourth-order valence-corrected chi connectivity index (χ4v) is 4.88. The Balaban J connectivity index is 1.52. The number of rotatable bonds is 6. The van der Waals surface area contributed by atoms with Crippen LogP contribution in [-0.2, 0) is 23.2 Å². The Morgan fingerprint density at radius 3 is 2.37 bits per heavy atom. The van der Waals surface area contributed by atoms with Gasteiger partial charge in [-0.15, -0.1) is 0 Å². The first-order valence-electron chi connectivity index (χ1n) is 11.8. The molecule has 38 heavy (non-hydrogen) atoms. The number of carbonyl (C=O) groups excluding carboxylic acids is 2. The SMILES string of the molecule is COc1cc2c(cc1NCc1ccc(F)cc1)c(C1=C(c3coc4ccc(F)cc34)C(=O)NC1=O)cn2C. The van der Waals surface area contributed by atoms with E-state index in [0.29, 0.717) is 45.5 Å². The lowest BCUT2D eigenvalue weighted by Gasteiger charge is -2.13. The molecule has 3 aromatic carbocycles. The van der Waals surface area contributed by atoms with Crippen LogP contribution < -0.4 is 15.4 Å². The third kappa shape index (κ3) is 3.80. The van der Waals surface area contributed by atoms with Crippen molar-refractivity contribution in [3.05, 3.63) is 95.4 Å². The van der Waals surface area contributed by atoms with Crippen LogP contribution in [0.15, 0.2) is 71.5 Å². The summed E-state index contributed by atoms with van der Waals surface area (Å²) in [6.45, 7) is 0.407. The highest BCUT2D eigenvalue weighted by Gasteiger charge is 2.35. The molecule has 0 radical (unpaired) electrons. The van der Waals surface area contributed by atoms with Crippen LogP contribution in [-0.4, -0.2) is 23.5 Å². The number of methoxy groups -OCH3 is 1. The second kappa shape index (κ2) is 8.88. The number of hydrogen-bond acceptors (Lipinski definition) is 5. The fourth-order valence-electron chi connectivity index (χ4n) is 4.88. The fraction of sp³-hybridized carbons (Fsp3) is 0.103. The van der Waals surface area contributed by atoms with Crippen LogP contribution in [0.1, 0.15) is 16.7 Å². The molecule has 9 heteroatoms. The second-order valence-corrected chi connectivity index (χ2v) is 9.03. The quantitative estimate of drug-likeness (QED) is 0.298. The smallest absolute Gasteiger partial charge is 0.259 e. The van der Waals surface area contributed by atoms with Crippen LogP contribution in [0.3, 0.4) is 0 Å². The van der Waals surface area contributed by atoms with Crippen molar-refractivity contribution in [2.24, 2.45) is 7.05 Å². The van der Waals surface area contributed by atoms with E-state index in [1.54, 1.807) is 25.4 Å². The summed E-state index contributed by atoms with van der Waals surface area (Å²) in [7, 11) is 3.38. The van der Waals surface area contributed by atoms with Gasteiger partial charge in [0.05, 0.1) is 35.7 Å². The number of aromatic nitrogens is 1. The Hall–Kier alpha value is -4.92. The molecule has 0 atom stereocenters. The first-order valence-corrected chi connectivity index (χ1v) is 11.8. The average molecular weight is 514 g/mol. The van der Waals surface area contributed by atoms with Crippen LogP contribution in [0, 0.1) is 11.6 Å². The van der Waals surface area contributed by atoms with Crippen molar-refractivity contribution < 1.29 is 27.5 Å². The summed E-state index contributed by atoms with van der Waals surface area (Å²) in [6, 6.07) is 13.9. The van der Waals surface area contributed by atoms with Gasteiger partial charge in [0, 0.05) is 47.8 Å². The standard InChI is InChI=1S/C29H21F2N3O4/c1-34-13-20(18-10-22(25(37-2)11-23(18)34)32-12-15-3-5-16(30)6-4-15)26-27(29(36)33-28(26)35)21-14-38-24-8-7-17(31)9-19(21)24/h3-11,13-14,32H,12H2,1-2H3,(H,33,35,36). The summed E-state index contributed by atoms with van der Waals surface area (Å²) in [5.74, 6) is -1.37. The van der Waals surface area contributed by atoms with Gasteiger partial charge in [0.2, 0.25) is 0 Å². The predicted molar refractivity (Wildman–Crippen MR) is 139 cm³/mol. The van der Waals surface area contributed by atoms with Crippen LogP contribution in [0.4, 0.5) is 14.5 Å². The molecule has 0 saturated carbocycles. The van der Waals surface area contributed by atoms with Crippen molar-refractivity contribution in [3.63, 3.8) is 0 Å². The van der Waals surface area contributed by atoms with Crippen LogP contribution >= 0.6 is 0 Å². The summed E-state index contributed by atoms with van der Waals surface area (Å²) >= 11 is 0. The molecule has 0 aliphatic carbocycles. The molecule has 5 aromatic rings. The minimum atomic E-state index is -0.586. The molecular weight excluding hydrogens is 492 g/mol. The average Bonchev–Trinajstić information content (AvgIpc) is 3.54. The van der Waals surface area contributed by atoms with Gasteiger partial charge in [-0.1, -0.05) is 12.1 Å². The third-order valence-electron chi connectivity index (χ3n) is 6.71. The van der Waals surface area contributed by atoms with E-state index in [2.05, 4.69) is 10.6 Å². The minimum absolute atomic E-state index is 0.114. The highest BCUT2D eigenvalue weighted by Crippen LogP contribution is 2.41. The van der Waals surface area contributed by atoms with Crippen LogP contribution in [0.2, 0.25) is 0 Å². The van der Waals surface area contributed by atoms with Gasteiger partial charge < -0.3 is 19.0 Å². The number of halogens is 2. The van der Waals surface area contributed by atoms with E-state index >= 15 is 0 Å². The molecule has 7 nitrogen and oxygen atoms in total. The molecular formula is C29H21F2N3O4. The number of benzene rings is 3. The molecule has 2 amide bonds. The highest BCUT2D eigenvalue weighted by atomic mass is 19.1. The van der Waals surface area contributed by atoms with Crippen molar-refractivity contribution >= 4 is 50.5 Å². The molecule has 190 valence electrons. The molecule has 2 N–H and O–H groups in total. The van der Waals surface area contributed by atoms with Crippen molar-refractivity contribution in [2.75, 3.05) is 12.4 Å². The highest BCUT2D eigenvalue weighted by molar-refractivity contribution is 6.50. The van der Waals surface area contributed by atoms with E-state index < -0.39 is 17.6 Å². The molecule has 0 bridgehead atoms. The monoisotopic (exact) mass is 513 g/mol. The predicted octanol–water partition coefficient (Wildman–Crippen LogP) is 5.39. The molecule has 1 aliphatic heterocycles. The summed E-state index contributed by atoms with van der Waals surface area (Å²) in [5, 5.41) is 6.78. The molecule has 1 aliphatic rings. The Kier molecular flexibility index (Phi) is 5.48. The van der Waals surface area contributed by atoms with Gasteiger partial charge >= 0.3 is 0 Å². The number of nitrogens with zero attached hydrogens (tertiary/aromatic N) is 1. The number of fused-ring (bicyclic) bond motifs is 2. The summed E-state index contributed by atoms with van der Waals surface area (Å²) < 4.78 is 40.4. The van der Waals surface area contributed by atoms with E-state index in [0.717, 1.165) is 11.1 Å². The Morgan fingerprint density at radius 2 is 1.63 bits per heavy atom. The zero-order valence-corrected chi connectivity index (χ0v) is 20.4. The number of aryl methyl sites for hydroxylation is 1. The Morgan fingerprint density at radius 1 is 0.921 bits per heavy atom. The molecule has 0 spiro atoms. The van der Waals surface area contributed by atoms with E-state index in [4.69, 9.17) is 9.15 Å². The summed E-state index contributed by atoms with van der Waals surface area (Å²) in [6.07, 6.45) is 3.13. The lowest BCUT2D eigenvalue weighted by molar-refractivity contribution is -0.122. The molecule has 0 fully saturated rings. The Labute approximate surface area is 215 Å². The van der Waals surface area contributed by atoms with E-state index in [1.165, 1.54) is 36.6 Å². The van der Waals surface area contributed by atoms with E-state index in [9.17, 15) is 18.4 Å². The van der Waals surface area contributed by atoms with Crippen molar-refractivity contribution in [1.29, 1.82) is 0 Å². The van der Waals surface area contributed by atoms with Gasteiger partial charge in [-0.3, -0.25) is 14.9 Å². The lowest BCUT2D eigenvalue weighted by atomic mass is 9.95. The largest absolute Gasteiger partial charge is 0.495 e. The number of furan rings is 1. The number of hydrogen-bond donors (Lipinski definition) is 2. The number of anilines is 1. The maximum Gasteiger partial charge on any atom is 0.259 e. The van der Waals surface area contributed by atoms with Crippen molar-refractivity contribution in [3.8, 4) is 5.75 Å². The minimum Gasteiger partial charge on any atom is -0.495 e. The van der Waals surface area contributed by atoms with Gasteiger partial charge in [-0.2, -0.15) is 0 Å². The number of ether oxygens (including phenoxy) is 1. The molecule has 3 heterocycles. The molecule has 2 aromatic heterocycles. The maximum atomic E-state index is 14.1. The van der Waals surface area contributed by atoms with Gasteiger partial charge in [0.15, 0.2) is 0 Å². The number of carbonyl (C=O) groups is 2. The first kappa shape index (κ1) is 23.5. The van der Waals surface area contributed by atoms with Gasteiger partial charge in [0.25, 0.3) is 11.8 Å². The summed E-state index contributed by atoms with van der Waals surface area (Å²) in [5.41, 5.74) is 3.83. The van der Waals surface area contributed by atoms with Crippen molar-refractivity contribution in [1.82, 2.24) is 9.88 Å². The lowest BCUT2D eigenvalue weighted by Crippen LogP contribution is -2.22. The second-order valence-electron chi connectivity index (χ2n) is 9.03. The number of imide groups is 1. The van der Waals surface area contributed by atoms with Crippen LogP contribution in [0.25, 0.3) is 33.0 Å². The third-order valence-corrected chi connectivity index (χ3v) is 6.71. The van der Waals surface area contributed by atoms with Crippen molar-refractivity contribution in [2.45, 2.75) is 6.54 Å². The van der Waals surface area contributed by atoms with Gasteiger partial charge in [-0.05, 0) is 42.0 Å². The summed E-state index contributed by atoms with van der Waals surface area (Å²) in [4.78, 5) is 26.1. The number of nitrogens with one attached hydrogen (secondary N) is 2. The zero-order valence-electron chi connectivity index (χ0n) is 20.4. The van der Waals surface area contributed by atoms with E-state index in [1.807, 2.05) is 23.7 Å². The zero-order chi connectivity index (χ0) is 26.6. The molecule has 6 rings (SSSR count). The van der Waals surface area contributed by atoms with Crippen LogP contribution in [0.5, 0.6) is 5.75 Å². The van der Waals surface area contributed by atoms with Gasteiger partial charge in [0.1, 0.15) is 23.0 Å². The van der Waals surface area contributed by atoms with E-state index in [-0.39, 0.29) is 17.0 Å². The maximum absolute atomic E-state index is 14.1. The topological polar surface area (TPSA) is 85.5 Å². The number of amides is 2. The Bertz CT molecular complexity index is 1800. The molecule has 0 saturated heterocycles. The van der Waals surface area contributed by atoms with Gasteiger partial charge in [-0.25, -0.2) is 8.78 Å². The molecule has 0 unspecified atom stereocenters. The first-order chi connectivity index (χ1) is 18.3.